The Balaban J connectivity index is 0.00000288. The van der Waals surface area contributed by atoms with Gasteiger partial charge in [-0.1, -0.05) is 26.8 Å². The van der Waals surface area contributed by atoms with E-state index in [2.05, 4.69) is 53.7 Å². The van der Waals surface area contributed by atoms with Crippen LogP contribution >= 0.6 is 35.3 Å². The number of rotatable bonds is 5. The fourth-order valence-electron chi connectivity index (χ4n) is 1.89. The third-order valence-electron chi connectivity index (χ3n) is 3.20. The summed E-state index contributed by atoms with van der Waals surface area (Å²) in [7, 11) is 0. The minimum atomic E-state index is 0. The standard InChI is InChI=1S/C17H25N5S.HI/c1-5-18-16(20-10-13-8-6-7-9-19-13)21-11-15-22-14(12-23-15)17(2,3)4;/h6-9,12H,5,10-11H2,1-4H3,(H2,18,20,21);1H. The number of guanidine groups is 1. The maximum absolute atomic E-state index is 4.69. The highest BCUT2D eigenvalue weighted by atomic mass is 127. The second-order valence-corrected chi connectivity index (χ2v) is 7.19. The highest BCUT2D eigenvalue weighted by molar-refractivity contribution is 14.0. The number of hydrogen-bond donors (Lipinski definition) is 2. The van der Waals surface area contributed by atoms with Crippen LogP contribution in [0.25, 0.3) is 0 Å². The number of halogens is 1. The largest absolute Gasteiger partial charge is 0.357 e. The summed E-state index contributed by atoms with van der Waals surface area (Å²) >= 11 is 1.68. The van der Waals surface area contributed by atoms with E-state index in [-0.39, 0.29) is 29.4 Å². The Morgan fingerprint density at radius 2 is 2.04 bits per heavy atom. The van der Waals surface area contributed by atoms with Gasteiger partial charge in [-0.3, -0.25) is 4.98 Å². The number of nitrogens with one attached hydrogen (secondary N) is 2. The fraction of sp³-hybridized carbons (Fsp3) is 0.471. The average Bonchev–Trinajstić information content (AvgIpc) is 3.00. The lowest BCUT2D eigenvalue weighted by Crippen LogP contribution is -2.36. The predicted molar refractivity (Wildman–Crippen MR) is 112 cm³/mol. The Morgan fingerprint density at radius 3 is 2.62 bits per heavy atom. The number of aliphatic imine (C=N–C) groups is 1. The van der Waals surface area contributed by atoms with Crippen molar-refractivity contribution >= 4 is 41.3 Å². The first-order valence-electron chi connectivity index (χ1n) is 7.86. The Kier molecular flexibility index (Phi) is 8.61. The molecular formula is C17H26IN5S. The lowest BCUT2D eigenvalue weighted by atomic mass is 9.93. The molecule has 2 N–H and O–H groups in total. The van der Waals surface area contributed by atoms with E-state index in [1.807, 2.05) is 18.2 Å². The molecule has 0 spiro atoms. The van der Waals surface area contributed by atoms with Gasteiger partial charge in [-0.15, -0.1) is 35.3 Å². The Labute approximate surface area is 165 Å². The third kappa shape index (κ3) is 6.72. The molecule has 2 rings (SSSR count). The first kappa shape index (κ1) is 20.8. The summed E-state index contributed by atoms with van der Waals surface area (Å²) in [6.07, 6.45) is 1.79. The van der Waals surface area contributed by atoms with Gasteiger partial charge >= 0.3 is 0 Å². The van der Waals surface area contributed by atoms with Crippen LogP contribution in [0.15, 0.2) is 34.8 Å². The molecule has 5 nitrogen and oxygen atoms in total. The number of thiazole rings is 1. The number of aromatic nitrogens is 2. The molecule has 0 amide bonds. The van der Waals surface area contributed by atoms with Gasteiger partial charge < -0.3 is 10.6 Å². The van der Waals surface area contributed by atoms with Crippen molar-refractivity contribution in [3.63, 3.8) is 0 Å². The molecule has 0 aromatic carbocycles. The van der Waals surface area contributed by atoms with Crippen LogP contribution in [0.1, 0.15) is 44.1 Å². The molecule has 0 fully saturated rings. The molecule has 132 valence electrons. The van der Waals surface area contributed by atoms with Crippen LogP contribution in [0.2, 0.25) is 0 Å². The fourth-order valence-corrected chi connectivity index (χ4v) is 2.85. The van der Waals surface area contributed by atoms with Crippen LogP contribution in [0.4, 0.5) is 0 Å². The van der Waals surface area contributed by atoms with Crippen molar-refractivity contribution in [2.75, 3.05) is 6.54 Å². The Hall–Kier alpha value is -1.22. The lowest BCUT2D eigenvalue weighted by molar-refractivity contribution is 0.570. The summed E-state index contributed by atoms with van der Waals surface area (Å²) < 4.78 is 0. The van der Waals surface area contributed by atoms with Gasteiger partial charge in [0.25, 0.3) is 0 Å². The van der Waals surface area contributed by atoms with Gasteiger partial charge in [0.15, 0.2) is 5.96 Å². The molecule has 0 radical (unpaired) electrons. The maximum Gasteiger partial charge on any atom is 0.191 e. The van der Waals surface area contributed by atoms with Crippen LogP contribution in [0, 0.1) is 0 Å². The second-order valence-electron chi connectivity index (χ2n) is 6.25. The van der Waals surface area contributed by atoms with E-state index in [9.17, 15) is 0 Å². The molecule has 2 aromatic heterocycles. The van der Waals surface area contributed by atoms with E-state index in [4.69, 9.17) is 4.98 Å². The summed E-state index contributed by atoms with van der Waals surface area (Å²) in [6, 6.07) is 5.86. The minimum absolute atomic E-state index is 0. The number of nitrogens with zero attached hydrogens (tertiary/aromatic N) is 3. The second kappa shape index (κ2) is 9.93. The van der Waals surface area contributed by atoms with Crippen molar-refractivity contribution in [1.82, 2.24) is 20.6 Å². The van der Waals surface area contributed by atoms with Gasteiger partial charge in [-0.05, 0) is 19.1 Å². The summed E-state index contributed by atoms with van der Waals surface area (Å²) in [5.41, 5.74) is 2.18. The van der Waals surface area contributed by atoms with E-state index in [1.165, 1.54) is 0 Å². The molecule has 0 bridgehead atoms. The van der Waals surface area contributed by atoms with E-state index in [1.54, 1.807) is 17.5 Å². The van der Waals surface area contributed by atoms with Crippen LogP contribution in [0.3, 0.4) is 0 Å². The highest BCUT2D eigenvalue weighted by Gasteiger charge is 2.17. The zero-order valence-electron chi connectivity index (χ0n) is 14.7. The molecule has 0 atom stereocenters. The summed E-state index contributed by atoms with van der Waals surface area (Å²) in [4.78, 5) is 13.5. The topological polar surface area (TPSA) is 62.2 Å². The number of hydrogen-bond acceptors (Lipinski definition) is 4. The van der Waals surface area contributed by atoms with E-state index >= 15 is 0 Å². The third-order valence-corrected chi connectivity index (χ3v) is 4.05. The monoisotopic (exact) mass is 459 g/mol. The van der Waals surface area contributed by atoms with Crippen LogP contribution < -0.4 is 10.6 Å². The lowest BCUT2D eigenvalue weighted by Gasteiger charge is -2.14. The molecule has 0 aliphatic rings. The van der Waals surface area contributed by atoms with Crippen molar-refractivity contribution in [3.05, 3.63) is 46.2 Å². The summed E-state index contributed by atoms with van der Waals surface area (Å²) in [5, 5.41) is 9.78. The first-order valence-corrected chi connectivity index (χ1v) is 8.74. The van der Waals surface area contributed by atoms with Crippen molar-refractivity contribution in [2.45, 2.75) is 46.2 Å². The predicted octanol–water partition coefficient (Wildman–Crippen LogP) is 3.71. The van der Waals surface area contributed by atoms with Crippen molar-refractivity contribution in [1.29, 1.82) is 0 Å². The normalized spacial score (nSPS) is 11.8. The quantitative estimate of drug-likeness (QED) is 0.407. The Bertz CT molecular complexity index is 634. The smallest absolute Gasteiger partial charge is 0.191 e. The zero-order chi connectivity index (χ0) is 16.7. The summed E-state index contributed by atoms with van der Waals surface area (Å²) in [5.74, 6) is 0.783. The van der Waals surface area contributed by atoms with Gasteiger partial charge in [-0.2, -0.15) is 0 Å². The first-order chi connectivity index (χ1) is 11.0. The van der Waals surface area contributed by atoms with Crippen molar-refractivity contribution in [2.24, 2.45) is 4.99 Å². The molecule has 24 heavy (non-hydrogen) atoms. The molecule has 0 saturated heterocycles. The Morgan fingerprint density at radius 1 is 1.25 bits per heavy atom. The van der Waals surface area contributed by atoms with Gasteiger partial charge in [0.2, 0.25) is 0 Å². The average molecular weight is 459 g/mol. The molecule has 0 aliphatic carbocycles. The van der Waals surface area contributed by atoms with Gasteiger partial charge in [-0.25, -0.2) is 9.98 Å². The van der Waals surface area contributed by atoms with Gasteiger partial charge in [0.05, 0.1) is 24.5 Å². The molecule has 2 heterocycles. The minimum Gasteiger partial charge on any atom is -0.357 e. The molecule has 0 saturated carbocycles. The molecular weight excluding hydrogens is 433 g/mol. The summed E-state index contributed by atoms with van der Waals surface area (Å²) in [6.45, 7) is 10.6. The van der Waals surface area contributed by atoms with Crippen molar-refractivity contribution in [3.8, 4) is 0 Å². The maximum atomic E-state index is 4.69. The van der Waals surface area contributed by atoms with E-state index in [0.29, 0.717) is 13.1 Å². The zero-order valence-corrected chi connectivity index (χ0v) is 17.8. The SMILES string of the molecule is CCNC(=NCc1ccccn1)NCc1nc(C(C)(C)C)cs1.I. The van der Waals surface area contributed by atoms with Crippen LogP contribution in [0.5, 0.6) is 0 Å². The molecule has 2 aromatic rings. The van der Waals surface area contributed by atoms with Crippen LogP contribution in [-0.2, 0) is 18.5 Å². The van der Waals surface area contributed by atoms with Gasteiger partial charge in [0.1, 0.15) is 5.01 Å². The van der Waals surface area contributed by atoms with Gasteiger partial charge in [0, 0.05) is 23.5 Å². The molecule has 0 unspecified atom stereocenters. The molecule has 0 aliphatic heterocycles. The van der Waals surface area contributed by atoms with E-state index in [0.717, 1.165) is 28.9 Å². The van der Waals surface area contributed by atoms with Crippen molar-refractivity contribution < 1.29 is 0 Å². The van der Waals surface area contributed by atoms with E-state index < -0.39 is 0 Å². The van der Waals surface area contributed by atoms with Crippen LogP contribution in [-0.4, -0.2) is 22.5 Å². The number of pyridine rings is 1. The molecule has 7 heteroatoms. The highest BCUT2D eigenvalue weighted by Crippen LogP contribution is 2.23.